The summed E-state index contributed by atoms with van der Waals surface area (Å²) in [5, 5.41) is 5.67. The van der Waals surface area contributed by atoms with Crippen LogP contribution in [0.2, 0.25) is 0 Å². The fraction of sp³-hybridized carbons (Fsp3) is 0.636. The summed E-state index contributed by atoms with van der Waals surface area (Å²) in [4.78, 5) is 1.31. The molecule has 84 valence electrons. The Morgan fingerprint density at radius 2 is 2.53 bits per heavy atom. The molecule has 0 aliphatic carbocycles. The first-order chi connectivity index (χ1) is 7.29. The van der Waals surface area contributed by atoms with Crippen LogP contribution in [0.5, 0.6) is 0 Å². The second-order valence-electron chi connectivity index (χ2n) is 3.83. The van der Waals surface area contributed by atoms with E-state index in [1.165, 1.54) is 11.3 Å². The summed E-state index contributed by atoms with van der Waals surface area (Å²) >= 11 is 5.24. The fourth-order valence-corrected chi connectivity index (χ4v) is 3.31. The standard InChI is InChI=1S/C11H16BrNOS/c1-2-9-3-4-14-10(6-13-9)11-5-8(12)7-15-11/h5,7,9-10,13H,2-4,6H2,1H3. The average molecular weight is 290 g/mol. The predicted octanol–water partition coefficient (Wildman–Crippen LogP) is 3.34. The number of hydrogen-bond acceptors (Lipinski definition) is 3. The van der Waals surface area contributed by atoms with Crippen molar-refractivity contribution >= 4 is 27.3 Å². The van der Waals surface area contributed by atoms with Crippen LogP contribution < -0.4 is 5.32 Å². The van der Waals surface area contributed by atoms with Crippen molar-refractivity contribution in [1.29, 1.82) is 0 Å². The van der Waals surface area contributed by atoms with Gasteiger partial charge in [-0.05, 0) is 34.8 Å². The summed E-state index contributed by atoms with van der Waals surface area (Å²) < 4.78 is 7.02. The van der Waals surface area contributed by atoms with E-state index < -0.39 is 0 Å². The van der Waals surface area contributed by atoms with Gasteiger partial charge < -0.3 is 10.1 Å². The molecule has 0 amide bonds. The molecule has 2 heterocycles. The minimum absolute atomic E-state index is 0.234. The van der Waals surface area contributed by atoms with E-state index in [2.05, 4.69) is 39.6 Å². The maximum Gasteiger partial charge on any atom is 0.104 e. The van der Waals surface area contributed by atoms with E-state index >= 15 is 0 Å². The largest absolute Gasteiger partial charge is 0.371 e. The van der Waals surface area contributed by atoms with Crippen LogP contribution in [-0.4, -0.2) is 19.2 Å². The van der Waals surface area contributed by atoms with Crippen LogP contribution in [0, 0.1) is 0 Å². The zero-order valence-corrected chi connectivity index (χ0v) is 11.2. The number of rotatable bonds is 2. The van der Waals surface area contributed by atoms with Crippen molar-refractivity contribution in [2.24, 2.45) is 0 Å². The first-order valence-electron chi connectivity index (χ1n) is 5.38. The Balaban J connectivity index is 1.99. The Kier molecular flexibility index (Phi) is 4.20. The maximum atomic E-state index is 5.86. The molecule has 2 nitrogen and oxygen atoms in total. The number of nitrogens with one attached hydrogen (secondary N) is 1. The predicted molar refractivity (Wildman–Crippen MR) is 67.4 cm³/mol. The molecule has 1 aromatic rings. The van der Waals surface area contributed by atoms with Crippen LogP contribution in [0.3, 0.4) is 0 Å². The molecule has 0 bridgehead atoms. The van der Waals surface area contributed by atoms with Gasteiger partial charge in [-0.2, -0.15) is 0 Å². The van der Waals surface area contributed by atoms with E-state index in [0.29, 0.717) is 6.04 Å². The molecule has 2 unspecified atom stereocenters. The Hall–Kier alpha value is 0.1000. The highest BCUT2D eigenvalue weighted by Gasteiger charge is 2.19. The summed E-state index contributed by atoms with van der Waals surface area (Å²) in [5.74, 6) is 0. The topological polar surface area (TPSA) is 21.3 Å². The molecule has 4 heteroatoms. The molecule has 1 N–H and O–H groups in total. The van der Waals surface area contributed by atoms with E-state index in [1.54, 1.807) is 11.3 Å². The molecule has 15 heavy (non-hydrogen) atoms. The van der Waals surface area contributed by atoms with Crippen molar-refractivity contribution in [2.75, 3.05) is 13.2 Å². The molecule has 1 aromatic heterocycles. The maximum absolute atomic E-state index is 5.86. The number of hydrogen-bond donors (Lipinski definition) is 1. The first kappa shape index (κ1) is 11.6. The van der Waals surface area contributed by atoms with Crippen molar-refractivity contribution in [3.05, 3.63) is 20.8 Å². The van der Waals surface area contributed by atoms with Crippen LogP contribution in [0.25, 0.3) is 0 Å². The molecule has 0 saturated carbocycles. The molecule has 0 radical (unpaired) electrons. The summed E-state index contributed by atoms with van der Waals surface area (Å²) in [5.41, 5.74) is 0. The molecule has 2 rings (SSSR count). The second kappa shape index (κ2) is 5.43. The fourth-order valence-electron chi connectivity index (χ4n) is 1.82. The summed E-state index contributed by atoms with van der Waals surface area (Å²) in [6, 6.07) is 2.78. The van der Waals surface area contributed by atoms with Gasteiger partial charge in [-0.1, -0.05) is 6.92 Å². The summed E-state index contributed by atoms with van der Waals surface area (Å²) in [7, 11) is 0. The molecule has 0 spiro atoms. The van der Waals surface area contributed by atoms with Crippen molar-refractivity contribution in [3.63, 3.8) is 0 Å². The van der Waals surface area contributed by atoms with Gasteiger partial charge in [-0.25, -0.2) is 0 Å². The smallest absolute Gasteiger partial charge is 0.104 e. The highest BCUT2D eigenvalue weighted by atomic mass is 79.9. The van der Waals surface area contributed by atoms with Gasteiger partial charge in [0.1, 0.15) is 6.10 Å². The minimum atomic E-state index is 0.234. The van der Waals surface area contributed by atoms with E-state index in [-0.39, 0.29) is 6.10 Å². The van der Waals surface area contributed by atoms with Crippen molar-refractivity contribution in [2.45, 2.75) is 31.9 Å². The van der Waals surface area contributed by atoms with Gasteiger partial charge in [-0.15, -0.1) is 11.3 Å². The molecule has 0 aromatic carbocycles. The van der Waals surface area contributed by atoms with Crippen molar-refractivity contribution < 1.29 is 4.74 Å². The summed E-state index contributed by atoms with van der Waals surface area (Å²) in [6.07, 6.45) is 2.54. The molecular weight excluding hydrogens is 274 g/mol. The lowest BCUT2D eigenvalue weighted by atomic mass is 10.1. The van der Waals surface area contributed by atoms with E-state index in [0.717, 1.165) is 24.0 Å². The zero-order chi connectivity index (χ0) is 10.7. The van der Waals surface area contributed by atoms with Gasteiger partial charge in [0.25, 0.3) is 0 Å². The highest BCUT2D eigenvalue weighted by Crippen LogP contribution is 2.28. The molecule has 1 fully saturated rings. The average Bonchev–Trinajstić information content (AvgIpc) is 2.54. The highest BCUT2D eigenvalue weighted by molar-refractivity contribution is 9.10. The SMILES string of the molecule is CCC1CCOC(c2cc(Br)cs2)CN1. The minimum Gasteiger partial charge on any atom is -0.371 e. The Bertz CT molecular complexity index is 315. The molecule has 1 saturated heterocycles. The van der Waals surface area contributed by atoms with Gasteiger partial charge in [0.2, 0.25) is 0 Å². The first-order valence-corrected chi connectivity index (χ1v) is 7.05. The number of halogens is 1. The van der Waals surface area contributed by atoms with E-state index in [1.807, 2.05) is 0 Å². The van der Waals surface area contributed by atoms with Crippen LogP contribution in [-0.2, 0) is 4.74 Å². The lowest BCUT2D eigenvalue weighted by Crippen LogP contribution is -2.29. The Morgan fingerprint density at radius 3 is 3.20 bits per heavy atom. The van der Waals surface area contributed by atoms with Gasteiger partial charge in [0, 0.05) is 33.9 Å². The number of ether oxygens (including phenoxy) is 1. The normalized spacial score (nSPS) is 27.6. The lowest BCUT2D eigenvalue weighted by molar-refractivity contribution is 0.0688. The monoisotopic (exact) mass is 289 g/mol. The second-order valence-corrected chi connectivity index (χ2v) is 5.69. The van der Waals surface area contributed by atoms with Crippen LogP contribution >= 0.6 is 27.3 Å². The van der Waals surface area contributed by atoms with Gasteiger partial charge in [0.15, 0.2) is 0 Å². The van der Waals surface area contributed by atoms with Gasteiger partial charge in [0.05, 0.1) is 0 Å². The third-order valence-electron chi connectivity index (χ3n) is 2.78. The van der Waals surface area contributed by atoms with Crippen LogP contribution in [0.4, 0.5) is 0 Å². The van der Waals surface area contributed by atoms with Crippen LogP contribution in [0.15, 0.2) is 15.9 Å². The Morgan fingerprint density at radius 1 is 1.67 bits per heavy atom. The van der Waals surface area contributed by atoms with Gasteiger partial charge >= 0.3 is 0 Å². The molecule has 1 aliphatic heterocycles. The Labute approximate surface area is 103 Å². The third-order valence-corrected chi connectivity index (χ3v) is 4.56. The van der Waals surface area contributed by atoms with Gasteiger partial charge in [-0.3, -0.25) is 0 Å². The lowest BCUT2D eigenvalue weighted by Gasteiger charge is -2.14. The molecule has 2 atom stereocenters. The number of thiophene rings is 1. The van der Waals surface area contributed by atoms with Crippen molar-refractivity contribution in [3.8, 4) is 0 Å². The quantitative estimate of drug-likeness (QED) is 0.902. The van der Waals surface area contributed by atoms with E-state index in [9.17, 15) is 0 Å². The zero-order valence-electron chi connectivity index (χ0n) is 8.83. The van der Waals surface area contributed by atoms with Crippen molar-refractivity contribution in [1.82, 2.24) is 5.32 Å². The van der Waals surface area contributed by atoms with E-state index in [4.69, 9.17) is 4.74 Å². The van der Waals surface area contributed by atoms with Crippen LogP contribution in [0.1, 0.15) is 30.7 Å². The molecular formula is C11H16BrNOS. The summed E-state index contributed by atoms with van der Waals surface area (Å²) in [6.45, 7) is 4.02. The third kappa shape index (κ3) is 3.03. The molecule has 1 aliphatic rings.